The van der Waals surface area contributed by atoms with Crippen LogP contribution >= 0.6 is 23.4 Å². The van der Waals surface area contributed by atoms with Gasteiger partial charge in [0.2, 0.25) is 5.91 Å². The van der Waals surface area contributed by atoms with Crippen molar-refractivity contribution in [2.24, 2.45) is 0 Å². The van der Waals surface area contributed by atoms with Gasteiger partial charge in [-0.05, 0) is 54.6 Å². The molecule has 0 spiro atoms. The van der Waals surface area contributed by atoms with Crippen molar-refractivity contribution >= 4 is 57.9 Å². The van der Waals surface area contributed by atoms with Gasteiger partial charge in [0.1, 0.15) is 13.2 Å². The summed E-state index contributed by atoms with van der Waals surface area (Å²) in [5.74, 6) is -0.254. The molecular weight excluding hydrogens is 530 g/mol. The summed E-state index contributed by atoms with van der Waals surface area (Å²) in [6.45, 7) is 8.30. The Kier molecular flexibility index (Phi) is 9.33. The standard InChI is InChI=1S/C27H28ClN3O6S/c1-3-11-37-25-19(28)14-18(15-22(25)36-4-2)16-23-26(33)31(27(34)38-23)17-24(32)29-20-7-5-6-8-21(20)30-9-12-35-13-10-30/h3,5-8,14-16H,1,4,9-13,17H2,2H3,(H,29,32)/b23-16+. The average Bonchev–Trinajstić information content (AvgIpc) is 3.16. The van der Waals surface area contributed by atoms with Crippen LogP contribution in [0.2, 0.25) is 5.02 Å². The molecule has 2 aliphatic rings. The zero-order chi connectivity index (χ0) is 27.1. The minimum Gasteiger partial charge on any atom is -0.490 e. The Bertz CT molecular complexity index is 1260. The summed E-state index contributed by atoms with van der Waals surface area (Å²) in [4.78, 5) is 41.8. The van der Waals surface area contributed by atoms with E-state index >= 15 is 0 Å². The highest BCUT2D eigenvalue weighted by atomic mass is 35.5. The van der Waals surface area contributed by atoms with Crippen molar-refractivity contribution in [3.05, 3.63) is 64.5 Å². The number of nitrogens with one attached hydrogen (secondary N) is 1. The molecule has 38 heavy (non-hydrogen) atoms. The first kappa shape index (κ1) is 27.6. The number of rotatable bonds is 10. The molecule has 0 unspecified atom stereocenters. The maximum absolute atomic E-state index is 13.0. The highest BCUT2D eigenvalue weighted by molar-refractivity contribution is 8.18. The minimum atomic E-state index is -0.558. The zero-order valence-corrected chi connectivity index (χ0v) is 22.5. The average molecular weight is 558 g/mol. The smallest absolute Gasteiger partial charge is 0.294 e. The maximum Gasteiger partial charge on any atom is 0.294 e. The molecule has 2 aromatic carbocycles. The topological polar surface area (TPSA) is 97.4 Å². The first-order valence-corrected chi connectivity index (χ1v) is 13.3. The molecule has 0 saturated carbocycles. The van der Waals surface area contributed by atoms with Crippen molar-refractivity contribution in [3.63, 3.8) is 0 Å². The molecule has 2 saturated heterocycles. The third-order valence-corrected chi connectivity index (χ3v) is 6.87. The van der Waals surface area contributed by atoms with Gasteiger partial charge >= 0.3 is 0 Å². The van der Waals surface area contributed by atoms with Crippen molar-refractivity contribution < 1.29 is 28.6 Å². The van der Waals surface area contributed by atoms with Crippen molar-refractivity contribution in [1.82, 2.24) is 4.90 Å². The first-order chi connectivity index (χ1) is 18.4. The molecular formula is C27H28ClN3O6S. The number of para-hydroxylation sites is 2. The molecule has 0 bridgehead atoms. The van der Waals surface area contributed by atoms with Crippen molar-refractivity contribution in [2.45, 2.75) is 6.92 Å². The summed E-state index contributed by atoms with van der Waals surface area (Å²) in [6.07, 6.45) is 3.13. The Balaban J connectivity index is 1.47. The molecule has 0 atom stereocenters. The number of carbonyl (C=O) groups is 3. The predicted molar refractivity (Wildman–Crippen MR) is 149 cm³/mol. The summed E-state index contributed by atoms with van der Waals surface area (Å²) >= 11 is 7.16. The Morgan fingerprint density at radius 1 is 1.21 bits per heavy atom. The molecule has 200 valence electrons. The lowest BCUT2D eigenvalue weighted by Crippen LogP contribution is -2.38. The van der Waals surface area contributed by atoms with Gasteiger partial charge in [-0.2, -0.15) is 0 Å². The van der Waals surface area contributed by atoms with E-state index in [1.165, 1.54) is 0 Å². The van der Waals surface area contributed by atoms with Crippen LogP contribution in [0.15, 0.2) is 54.0 Å². The monoisotopic (exact) mass is 557 g/mol. The second-order valence-corrected chi connectivity index (χ2v) is 9.70. The van der Waals surface area contributed by atoms with Crippen molar-refractivity contribution in [1.29, 1.82) is 0 Å². The third-order valence-electron chi connectivity index (χ3n) is 5.68. The summed E-state index contributed by atoms with van der Waals surface area (Å²) in [5.41, 5.74) is 2.03. The number of hydrogen-bond donors (Lipinski definition) is 1. The number of imide groups is 1. The summed E-state index contributed by atoms with van der Waals surface area (Å²) in [6, 6.07) is 10.7. The summed E-state index contributed by atoms with van der Waals surface area (Å²) < 4.78 is 16.7. The quantitative estimate of drug-likeness (QED) is 0.328. The van der Waals surface area contributed by atoms with E-state index in [1.54, 1.807) is 30.4 Å². The molecule has 0 aromatic heterocycles. The highest BCUT2D eigenvalue weighted by Gasteiger charge is 2.36. The molecule has 4 rings (SSSR count). The fourth-order valence-electron chi connectivity index (χ4n) is 4.00. The van der Waals surface area contributed by atoms with Gasteiger partial charge in [0.05, 0.1) is 41.1 Å². The molecule has 3 amide bonds. The third kappa shape index (κ3) is 6.50. The Hall–Kier alpha value is -3.47. The lowest BCUT2D eigenvalue weighted by Gasteiger charge is -2.30. The molecule has 0 aliphatic carbocycles. The number of thioether (sulfide) groups is 1. The van der Waals surface area contributed by atoms with Crippen LogP contribution in [0, 0.1) is 0 Å². The van der Waals surface area contributed by atoms with Crippen LogP contribution in [0.1, 0.15) is 12.5 Å². The molecule has 2 fully saturated rings. The van der Waals surface area contributed by atoms with Gasteiger partial charge in [-0.25, -0.2) is 0 Å². The Labute approximate surface area is 230 Å². The SMILES string of the molecule is C=CCOc1c(Cl)cc(/C=C2/SC(=O)N(CC(=O)Nc3ccccc3N3CCOCC3)C2=O)cc1OCC. The zero-order valence-electron chi connectivity index (χ0n) is 20.9. The molecule has 2 heterocycles. The number of ether oxygens (including phenoxy) is 3. The Morgan fingerprint density at radius 3 is 2.71 bits per heavy atom. The van der Waals surface area contributed by atoms with E-state index in [1.807, 2.05) is 25.1 Å². The van der Waals surface area contributed by atoms with E-state index < -0.39 is 23.6 Å². The van der Waals surface area contributed by atoms with Crippen LogP contribution in [-0.4, -0.2) is 68.0 Å². The number of nitrogens with zero attached hydrogens (tertiary/aromatic N) is 2. The van der Waals surface area contributed by atoms with E-state index in [0.29, 0.717) is 60.7 Å². The van der Waals surface area contributed by atoms with Crippen LogP contribution < -0.4 is 19.7 Å². The van der Waals surface area contributed by atoms with Crippen LogP contribution in [0.5, 0.6) is 11.5 Å². The van der Waals surface area contributed by atoms with Crippen LogP contribution in [0.4, 0.5) is 16.2 Å². The van der Waals surface area contributed by atoms with Gasteiger partial charge in [0, 0.05) is 13.1 Å². The van der Waals surface area contributed by atoms with Gasteiger partial charge in [0.25, 0.3) is 11.1 Å². The molecule has 9 nitrogen and oxygen atoms in total. The fraction of sp³-hybridized carbons (Fsp3) is 0.296. The molecule has 2 aliphatic heterocycles. The largest absolute Gasteiger partial charge is 0.490 e. The molecule has 1 N–H and O–H groups in total. The number of hydrogen-bond acceptors (Lipinski definition) is 8. The fourth-order valence-corrected chi connectivity index (χ4v) is 5.11. The second kappa shape index (κ2) is 12.9. The van der Waals surface area contributed by atoms with E-state index in [2.05, 4.69) is 16.8 Å². The number of halogens is 1. The highest BCUT2D eigenvalue weighted by Crippen LogP contribution is 2.39. The number of anilines is 2. The number of amides is 3. The maximum atomic E-state index is 13.0. The van der Waals surface area contributed by atoms with Crippen LogP contribution in [0.25, 0.3) is 6.08 Å². The second-order valence-electron chi connectivity index (χ2n) is 8.30. The van der Waals surface area contributed by atoms with Gasteiger partial charge < -0.3 is 24.4 Å². The predicted octanol–water partition coefficient (Wildman–Crippen LogP) is 4.82. The lowest BCUT2D eigenvalue weighted by atomic mass is 10.1. The first-order valence-electron chi connectivity index (χ1n) is 12.1. The van der Waals surface area contributed by atoms with Crippen molar-refractivity contribution in [3.8, 4) is 11.5 Å². The number of benzene rings is 2. The number of morpholine rings is 1. The van der Waals surface area contributed by atoms with Crippen LogP contribution in [-0.2, 0) is 14.3 Å². The van der Waals surface area contributed by atoms with Gasteiger partial charge in [0.15, 0.2) is 11.5 Å². The normalized spacial score (nSPS) is 16.6. The molecule has 2 aromatic rings. The Morgan fingerprint density at radius 2 is 1.97 bits per heavy atom. The van der Waals surface area contributed by atoms with Crippen molar-refractivity contribution in [2.75, 3.05) is 56.3 Å². The van der Waals surface area contributed by atoms with Crippen LogP contribution in [0.3, 0.4) is 0 Å². The van der Waals surface area contributed by atoms with Gasteiger partial charge in [-0.15, -0.1) is 0 Å². The van der Waals surface area contributed by atoms with Gasteiger partial charge in [-0.3, -0.25) is 19.3 Å². The van der Waals surface area contributed by atoms with Gasteiger partial charge in [-0.1, -0.05) is 36.4 Å². The molecule has 11 heteroatoms. The number of carbonyl (C=O) groups excluding carboxylic acids is 3. The summed E-state index contributed by atoms with van der Waals surface area (Å²) in [5, 5.41) is 2.61. The van der Waals surface area contributed by atoms with E-state index in [4.69, 9.17) is 25.8 Å². The summed E-state index contributed by atoms with van der Waals surface area (Å²) in [7, 11) is 0. The van der Waals surface area contributed by atoms with E-state index in [9.17, 15) is 14.4 Å². The minimum absolute atomic E-state index is 0.176. The van der Waals surface area contributed by atoms with E-state index in [0.717, 1.165) is 22.3 Å². The molecule has 0 radical (unpaired) electrons. The van der Waals surface area contributed by atoms with E-state index in [-0.39, 0.29) is 11.5 Å². The lowest BCUT2D eigenvalue weighted by molar-refractivity contribution is -0.127.